The molecule has 0 amide bonds. The molecule has 1 aromatic carbocycles. The van der Waals surface area contributed by atoms with Gasteiger partial charge in [-0.25, -0.2) is 0 Å². The van der Waals surface area contributed by atoms with Crippen LogP contribution in [-0.2, 0) is 9.59 Å². The zero-order chi connectivity index (χ0) is 19.1. The van der Waals surface area contributed by atoms with Gasteiger partial charge in [0.15, 0.2) is 11.6 Å². The summed E-state index contributed by atoms with van der Waals surface area (Å²) < 4.78 is 40.8. The van der Waals surface area contributed by atoms with Crippen LogP contribution in [0.15, 0.2) is 46.8 Å². The van der Waals surface area contributed by atoms with E-state index in [2.05, 4.69) is 5.32 Å². The molecule has 1 atom stereocenters. The molecular weight excluding hydrogens is 345 g/mol. The third-order valence-corrected chi connectivity index (χ3v) is 4.59. The number of allylic oxidation sites excluding steroid dienone is 4. The van der Waals surface area contributed by atoms with Gasteiger partial charge in [-0.05, 0) is 37.5 Å². The van der Waals surface area contributed by atoms with Crippen LogP contribution in [0.4, 0.5) is 13.2 Å². The highest BCUT2D eigenvalue weighted by Crippen LogP contribution is 2.45. The second-order valence-electron chi connectivity index (χ2n) is 6.31. The van der Waals surface area contributed by atoms with E-state index in [0.717, 1.165) is 6.92 Å². The highest BCUT2D eigenvalue weighted by atomic mass is 19.4. The number of nitrogens with one attached hydrogen (secondary N) is 1. The van der Waals surface area contributed by atoms with Crippen molar-refractivity contribution < 1.29 is 22.8 Å². The van der Waals surface area contributed by atoms with E-state index in [9.17, 15) is 22.8 Å². The number of carbonyl (C=O) groups is 2. The van der Waals surface area contributed by atoms with E-state index in [0.29, 0.717) is 18.4 Å². The molecule has 1 unspecified atom stereocenters. The van der Waals surface area contributed by atoms with Gasteiger partial charge >= 0.3 is 6.18 Å². The van der Waals surface area contributed by atoms with Crippen LogP contribution in [0.5, 0.6) is 0 Å². The third-order valence-electron chi connectivity index (χ3n) is 4.59. The van der Waals surface area contributed by atoms with Crippen molar-refractivity contribution in [3.05, 3.63) is 57.9 Å². The fourth-order valence-electron chi connectivity index (χ4n) is 3.56. The first-order valence-corrected chi connectivity index (χ1v) is 8.09. The van der Waals surface area contributed by atoms with E-state index in [-0.39, 0.29) is 29.0 Å². The number of alkyl halides is 3. The maximum absolute atomic E-state index is 13.6. The lowest BCUT2D eigenvalue weighted by Crippen LogP contribution is -2.39. The van der Waals surface area contributed by atoms with Gasteiger partial charge in [-0.2, -0.15) is 18.4 Å². The van der Waals surface area contributed by atoms with Gasteiger partial charge < -0.3 is 5.32 Å². The van der Waals surface area contributed by atoms with Crippen molar-refractivity contribution in [3.63, 3.8) is 0 Å². The first-order valence-electron chi connectivity index (χ1n) is 8.09. The standard InChI is InChI=1S/C19H15F3N2O2/c1-10(25)15-16(12-5-2-4-11(8-12)9-23)17-13(6-3-7-14(17)26)24-18(15)19(20,21)22/h2,4-5,8,16,24H,3,6-7H2,1H3. The number of dihydropyridines is 1. The molecule has 134 valence electrons. The molecule has 0 radical (unpaired) electrons. The van der Waals surface area contributed by atoms with Gasteiger partial charge in [0.2, 0.25) is 0 Å². The molecule has 0 saturated carbocycles. The number of ketones is 2. The molecule has 0 bridgehead atoms. The number of nitrogens with zero attached hydrogens (tertiary/aromatic N) is 1. The molecule has 1 N–H and O–H groups in total. The maximum Gasteiger partial charge on any atom is 0.431 e. The molecule has 3 rings (SSSR count). The SMILES string of the molecule is CC(=O)C1=C(C(F)(F)F)NC2=C(C(=O)CCC2)C1c1cccc(C#N)c1. The number of Topliss-reactive ketones (excluding diaryl/α,β-unsaturated/α-hetero) is 2. The Balaban J connectivity index is 2.30. The van der Waals surface area contributed by atoms with E-state index in [1.807, 2.05) is 6.07 Å². The van der Waals surface area contributed by atoms with Crippen molar-refractivity contribution >= 4 is 11.6 Å². The van der Waals surface area contributed by atoms with Crippen LogP contribution in [0.1, 0.15) is 43.2 Å². The smallest absolute Gasteiger partial charge is 0.354 e. The molecule has 1 aliphatic carbocycles. The van der Waals surface area contributed by atoms with Crippen molar-refractivity contribution in [1.82, 2.24) is 5.32 Å². The molecule has 1 heterocycles. The zero-order valence-corrected chi connectivity index (χ0v) is 13.9. The summed E-state index contributed by atoms with van der Waals surface area (Å²) in [7, 11) is 0. The Morgan fingerprint density at radius 1 is 1.31 bits per heavy atom. The number of hydrogen-bond donors (Lipinski definition) is 1. The highest BCUT2D eigenvalue weighted by Gasteiger charge is 2.46. The summed E-state index contributed by atoms with van der Waals surface area (Å²) in [5.41, 5.74) is -0.606. The van der Waals surface area contributed by atoms with Crippen LogP contribution >= 0.6 is 0 Å². The Bertz CT molecular complexity index is 904. The van der Waals surface area contributed by atoms with Crippen LogP contribution in [0.3, 0.4) is 0 Å². The molecule has 0 spiro atoms. The van der Waals surface area contributed by atoms with Crippen molar-refractivity contribution in [2.75, 3.05) is 0 Å². The first kappa shape index (κ1) is 17.9. The van der Waals surface area contributed by atoms with Crippen molar-refractivity contribution in [3.8, 4) is 6.07 Å². The van der Waals surface area contributed by atoms with Crippen LogP contribution in [-0.4, -0.2) is 17.7 Å². The van der Waals surface area contributed by atoms with Crippen molar-refractivity contribution in [2.24, 2.45) is 0 Å². The normalized spacial score (nSPS) is 20.4. The number of carbonyl (C=O) groups excluding carboxylic acids is 2. The quantitative estimate of drug-likeness (QED) is 0.874. The minimum atomic E-state index is -4.76. The summed E-state index contributed by atoms with van der Waals surface area (Å²) in [6.45, 7) is 1.06. The zero-order valence-electron chi connectivity index (χ0n) is 13.9. The Morgan fingerprint density at radius 3 is 2.65 bits per heavy atom. The maximum atomic E-state index is 13.6. The number of benzene rings is 1. The Morgan fingerprint density at radius 2 is 2.04 bits per heavy atom. The molecule has 26 heavy (non-hydrogen) atoms. The van der Waals surface area contributed by atoms with E-state index < -0.39 is 29.1 Å². The van der Waals surface area contributed by atoms with Gasteiger partial charge in [0.1, 0.15) is 5.70 Å². The van der Waals surface area contributed by atoms with Crippen LogP contribution in [0, 0.1) is 11.3 Å². The fraction of sp³-hybridized carbons (Fsp3) is 0.316. The molecule has 2 aliphatic rings. The minimum absolute atomic E-state index is 0.199. The summed E-state index contributed by atoms with van der Waals surface area (Å²) in [6.07, 6.45) is -3.77. The summed E-state index contributed by atoms with van der Waals surface area (Å²) in [6, 6.07) is 7.96. The van der Waals surface area contributed by atoms with E-state index in [1.54, 1.807) is 6.07 Å². The first-order chi connectivity index (χ1) is 12.2. The van der Waals surface area contributed by atoms with Crippen molar-refractivity contribution in [1.29, 1.82) is 5.26 Å². The van der Waals surface area contributed by atoms with Crippen LogP contribution in [0.2, 0.25) is 0 Å². The van der Waals surface area contributed by atoms with Gasteiger partial charge in [-0.1, -0.05) is 12.1 Å². The topological polar surface area (TPSA) is 70.0 Å². The average molecular weight is 360 g/mol. The van der Waals surface area contributed by atoms with Gasteiger partial charge in [-0.3, -0.25) is 9.59 Å². The fourth-order valence-corrected chi connectivity index (χ4v) is 3.56. The third kappa shape index (κ3) is 3.03. The monoisotopic (exact) mass is 360 g/mol. The average Bonchev–Trinajstić information content (AvgIpc) is 2.59. The van der Waals surface area contributed by atoms with Crippen molar-refractivity contribution in [2.45, 2.75) is 38.3 Å². The summed E-state index contributed by atoms with van der Waals surface area (Å²) in [5, 5.41) is 11.4. The van der Waals surface area contributed by atoms with Gasteiger partial charge in [0, 0.05) is 29.2 Å². The molecule has 1 aliphatic heterocycles. The number of halogens is 3. The molecule has 0 aromatic heterocycles. The van der Waals surface area contributed by atoms with Gasteiger partial charge in [0.05, 0.1) is 11.6 Å². The minimum Gasteiger partial charge on any atom is -0.354 e. The van der Waals surface area contributed by atoms with E-state index in [4.69, 9.17) is 5.26 Å². The second-order valence-corrected chi connectivity index (χ2v) is 6.31. The lowest BCUT2D eigenvalue weighted by atomic mass is 9.74. The Labute approximate surface area is 148 Å². The molecule has 4 nitrogen and oxygen atoms in total. The van der Waals surface area contributed by atoms with Gasteiger partial charge in [-0.15, -0.1) is 0 Å². The molecule has 1 aromatic rings. The lowest BCUT2D eigenvalue weighted by molar-refractivity contribution is -0.118. The van der Waals surface area contributed by atoms with Crippen LogP contribution < -0.4 is 5.32 Å². The van der Waals surface area contributed by atoms with Crippen LogP contribution in [0.25, 0.3) is 0 Å². The van der Waals surface area contributed by atoms with E-state index >= 15 is 0 Å². The highest BCUT2D eigenvalue weighted by molar-refractivity contribution is 6.05. The summed E-state index contributed by atoms with van der Waals surface area (Å²) >= 11 is 0. The van der Waals surface area contributed by atoms with Gasteiger partial charge in [0.25, 0.3) is 0 Å². The largest absolute Gasteiger partial charge is 0.431 e. The lowest BCUT2D eigenvalue weighted by Gasteiger charge is -2.35. The number of rotatable bonds is 2. The molecule has 0 fully saturated rings. The second kappa shape index (κ2) is 6.45. The summed E-state index contributed by atoms with van der Waals surface area (Å²) in [4.78, 5) is 24.7. The Hall–Kier alpha value is -2.88. The predicted octanol–water partition coefficient (Wildman–Crippen LogP) is 3.66. The predicted molar refractivity (Wildman–Crippen MR) is 86.7 cm³/mol. The molecular formula is C19H15F3N2O2. The Kier molecular flexibility index (Phi) is 4.45. The summed E-state index contributed by atoms with van der Waals surface area (Å²) in [5.74, 6) is -2.16. The van der Waals surface area contributed by atoms with E-state index in [1.165, 1.54) is 18.2 Å². The number of nitriles is 1. The molecule has 7 heteroatoms. The molecule has 0 saturated heterocycles. The number of hydrogen-bond acceptors (Lipinski definition) is 4.